The summed E-state index contributed by atoms with van der Waals surface area (Å²) < 4.78 is 0. The normalized spacial score (nSPS) is 9.00. The number of phenolic OH excluding ortho intramolecular Hbond substituents is 1. The minimum Gasteiger partial charge on any atom is -0.506 e. The second-order valence-corrected chi connectivity index (χ2v) is 1.59. The molecule has 0 fully saturated rings. The van der Waals surface area contributed by atoms with E-state index in [0.29, 0.717) is 5.69 Å². The van der Waals surface area contributed by atoms with E-state index in [2.05, 4.69) is 11.5 Å². The van der Waals surface area contributed by atoms with E-state index in [1.807, 2.05) is 0 Å². The van der Waals surface area contributed by atoms with E-state index in [0.717, 1.165) is 0 Å². The Balaban J connectivity index is 3.01. The van der Waals surface area contributed by atoms with Crippen LogP contribution >= 0.6 is 0 Å². The first-order chi connectivity index (χ1) is 4.34. The van der Waals surface area contributed by atoms with Crippen LogP contribution in [0.5, 0.6) is 5.75 Å². The molecule has 0 heterocycles. The Hall–Kier alpha value is -1.22. The molecule has 0 bridgehead atoms. The fraction of sp³-hybridized carbons (Fsp3) is 0. The average Bonchev–Trinajstić information content (AvgIpc) is 1.89. The van der Waals surface area contributed by atoms with Crippen LogP contribution in [0.1, 0.15) is 0 Å². The molecule has 1 rings (SSSR count). The third kappa shape index (κ3) is 1.12. The van der Waals surface area contributed by atoms with Gasteiger partial charge in [-0.3, -0.25) is 5.84 Å². The van der Waals surface area contributed by atoms with Crippen molar-refractivity contribution in [3.05, 3.63) is 24.3 Å². The van der Waals surface area contributed by atoms with Crippen LogP contribution in [-0.4, -0.2) is 5.11 Å². The summed E-state index contributed by atoms with van der Waals surface area (Å²) in [5.41, 5.74) is 2.83. The molecule has 0 aliphatic heterocycles. The van der Waals surface area contributed by atoms with Crippen molar-refractivity contribution in [2.45, 2.75) is 0 Å². The number of nitrogens with two attached hydrogens (primary N) is 1. The average molecular weight is 123 g/mol. The van der Waals surface area contributed by atoms with Crippen LogP contribution in [0, 0.1) is 6.07 Å². The molecule has 0 aliphatic carbocycles. The van der Waals surface area contributed by atoms with Crippen LogP contribution in [0.4, 0.5) is 5.69 Å². The molecule has 1 aromatic rings. The molecular formula is C6H7N2O. The first-order valence-electron chi connectivity index (χ1n) is 2.50. The largest absolute Gasteiger partial charge is 0.506 e. The highest BCUT2D eigenvalue weighted by atomic mass is 16.3. The lowest BCUT2D eigenvalue weighted by Crippen LogP contribution is -2.06. The van der Waals surface area contributed by atoms with Crippen LogP contribution in [-0.2, 0) is 0 Å². The van der Waals surface area contributed by atoms with Gasteiger partial charge >= 0.3 is 0 Å². The van der Waals surface area contributed by atoms with Crippen LogP contribution < -0.4 is 11.3 Å². The predicted octanol–water partition coefficient (Wildman–Crippen LogP) is 0.478. The van der Waals surface area contributed by atoms with Gasteiger partial charge in [-0.1, -0.05) is 6.07 Å². The molecule has 9 heavy (non-hydrogen) atoms. The highest BCUT2D eigenvalue weighted by Gasteiger charge is 1.92. The van der Waals surface area contributed by atoms with Gasteiger partial charge in [0.15, 0.2) is 0 Å². The zero-order valence-corrected chi connectivity index (χ0v) is 4.76. The lowest BCUT2D eigenvalue weighted by Gasteiger charge is -1.99. The topological polar surface area (TPSA) is 58.3 Å². The molecular weight excluding hydrogens is 116 g/mol. The van der Waals surface area contributed by atoms with Crippen molar-refractivity contribution < 1.29 is 5.11 Å². The van der Waals surface area contributed by atoms with Crippen LogP contribution in [0.15, 0.2) is 18.2 Å². The second kappa shape index (κ2) is 2.37. The summed E-state index contributed by atoms with van der Waals surface area (Å²) in [4.78, 5) is 0. The number of rotatable bonds is 1. The summed E-state index contributed by atoms with van der Waals surface area (Å²) in [6.07, 6.45) is 0. The lowest BCUT2D eigenvalue weighted by atomic mass is 10.3. The van der Waals surface area contributed by atoms with Gasteiger partial charge in [-0.2, -0.15) is 0 Å². The number of hydrazine groups is 1. The third-order valence-electron chi connectivity index (χ3n) is 0.998. The van der Waals surface area contributed by atoms with Gasteiger partial charge in [0.2, 0.25) is 0 Å². The quantitative estimate of drug-likeness (QED) is 0.289. The van der Waals surface area contributed by atoms with E-state index >= 15 is 0 Å². The Morgan fingerprint density at radius 1 is 1.67 bits per heavy atom. The zero-order chi connectivity index (χ0) is 6.69. The maximum absolute atomic E-state index is 8.94. The first kappa shape index (κ1) is 5.91. The summed E-state index contributed by atoms with van der Waals surface area (Å²) >= 11 is 0. The molecule has 0 unspecified atom stereocenters. The molecule has 4 N–H and O–H groups in total. The van der Waals surface area contributed by atoms with E-state index in [1.165, 1.54) is 6.07 Å². The number of hydrogen-bond donors (Lipinski definition) is 3. The van der Waals surface area contributed by atoms with Crippen molar-refractivity contribution in [1.29, 1.82) is 0 Å². The van der Waals surface area contributed by atoms with Crippen molar-refractivity contribution >= 4 is 5.69 Å². The van der Waals surface area contributed by atoms with Gasteiger partial charge in [0, 0.05) is 0 Å². The molecule has 0 amide bonds. The van der Waals surface area contributed by atoms with Gasteiger partial charge in [-0.25, -0.2) is 0 Å². The number of anilines is 1. The zero-order valence-electron chi connectivity index (χ0n) is 4.76. The number of benzene rings is 1. The Bertz CT molecular complexity index is 200. The number of aromatic hydroxyl groups is 1. The molecule has 3 heteroatoms. The van der Waals surface area contributed by atoms with Gasteiger partial charge < -0.3 is 10.5 Å². The third-order valence-corrected chi connectivity index (χ3v) is 0.998. The van der Waals surface area contributed by atoms with Crippen molar-refractivity contribution in [2.24, 2.45) is 5.84 Å². The van der Waals surface area contributed by atoms with Gasteiger partial charge in [0.25, 0.3) is 0 Å². The number of phenols is 1. The molecule has 0 atom stereocenters. The molecule has 1 aromatic carbocycles. The van der Waals surface area contributed by atoms with Gasteiger partial charge in [-0.15, -0.1) is 0 Å². The predicted molar refractivity (Wildman–Crippen MR) is 34.8 cm³/mol. The molecule has 47 valence electrons. The molecule has 0 saturated carbocycles. The highest BCUT2D eigenvalue weighted by Crippen LogP contribution is 2.18. The minimum atomic E-state index is 0.111. The van der Waals surface area contributed by atoms with E-state index in [4.69, 9.17) is 10.9 Å². The number of hydrogen-bond acceptors (Lipinski definition) is 3. The summed E-state index contributed by atoms with van der Waals surface area (Å²) in [6.45, 7) is 0. The number of nitrogen functional groups attached to an aromatic ring is 1. The summed E-state index contributed by atoms with van der Waals surface area (Å²) in [7, 11) is 0. The van der Waals surface area contributed by atoms with Crippen LogP contribution in [0.2, 0.25) is 0 Å². The fourth-order valence-corrected chi connectivity index (χ4v) is 0.544. The molecule has 1 radical (unpaired) electrons. The maximum Gasteiger partial charge on any atom is 0.140 e. The van der Waals surface area contributed by atoms with Crippen LogP contribution in [0.3, 0.4) is 0 Å². The number of nitrogens with one attached hydrogen (secondary N) is 1. The van der Waals surface area contributed by atoms with E-state index < -0.39 is 0 Å². The van der Waals surface area contributed by atoms with Crippen molar-refractivity contribution in [2.75, 3.05) is 5.43 Å². The van der Waals surface area contributed by atoms with E-state index in [9.17, 15) is 0 Å². The summed E-state index contributed by atoms with van der Waals surface area (Å²) in [6, 6.07) is 7.43. The van der Waals surface area contributed by atoms with Crippen LogP contribution in [0.25, 0.3) is 0 Å². The Kier molecular flexibility index (Phi) is 1.55. The SMILES string of the molecule is NNc1cc[c]cc1O. The van der Waals surface area contributed by atoms with Crippen molar-refractivity contribution in [3.63, 3.8) is 0 Å². The summed E-state index contributed by atoms with van der Waals surface area (Å²) in [5, 5.41) is 8.94. The summed E-state index contributed by atoms with van der Waals surface area (Å²) in [5.74, 6) is 5.14. The Labute approximate surface area is 53.1 Å². The van der Waals surface area contributed by atoms with Crippen molar-refractivity contribution in [1.82, 2.24) is 0 Å². The standard InChI is InChI=1S/C6H7N2O/c7-8-5-3-1-2-4-6(5)9/h1,3-4,8-9H,7H2. The molecule has 0 saturated heterocycles. The van der Waals surface area contributed by atoms with Crippen molar-refractivity contribution in [3.8, 4) is 5.75 Å². The second-order valence-electron chi connectivity index (χ2n) is 1.59. The molecule has 0 aromatic heterocycles. The van der Waals surface area contributed by atoms with E-state index in [-0.39, 0.29) is 5.75 Å². The first-order valence-corrected chi connectivity index (χ1v) is 2.50. The highest BCUT2D eigenvalue weighted by molar-refractivity contribution is 5.53. The Morgan fingerprint density at radius 2 is 2.44 bits per heavy atom. The lowest BCUT2D eigenvalue weighted by molar-refractivity contribution is 0.477. The maximum atomic E-state index is 8.94. The molecule has 3 nitrogen and oxygen atoms in total. The van der Waals surface area contributed by atoms with Gasteiger partial charge in [0.05, 0.1) is 5.69 Å². The minimum absolute atomic E-state index is 0.111. The smallest absolute Gasteiger partial charge is 0.140 e. The fourth-order valence-electron chi connectivity index (χ4n) is 0.544. The molecule has 0 spiro atoms. The van der Waals surface area contributed by atoms with Gasteiger partial charge in [0.1, 0.15) is 5.75 Å². The monoisotopic (exact) mass is 123 g/mol. The van der Waals surface area contributed by atoms with Gasteiger partial charge in [-0.05, 0) is 18.2 Å². The van der Waals surface area contributed by atoms with E-state index in [1.54, 1.807) is 12.1 Å². The Morgan fingerprint density at radius 3 is 2.89 bits per heavy atom. The molecule has 0 aliphatic rings.